The summed E-state index contributed by atoms with van der Waals surface area (Å²) in [7, 11) is 3.12. The molecule has 2 unspecified atom stereocenters. The van der Waals surface area contributed by atoms with Gasteiger partial charge in [0.05, 0.1) is 74.5 Å². The summed E-state index contributed by atoms with van der Waals surface area (Å²) in [6.45, 7) is 21.2. The molecule has 4 aromatic carbocycles. The third kappa shape index (κ3) is 17.1. The molecule has 0 aliphatic carbocycles. The molecule has 508 valence electrons. The van der Waals surface area contributed by atoms with Crippen molar-refractivity contribution in [2.75, 3.05) is 57.3 Å². The Hall–Kier alpha value is -9.06. The molecule has 5 atom stereocenters. The third-order valence-electron chi connectivity index (χ3n) is 18.1. The maximum absolute atomic E-state index is 14.6. The van der Waals surface area contributed by atoms with Crippen LogP contribution in [0.5, 0.6) is 23.0 Å². The van der Waals surface area contributed by atoms with Crippen LogP contribution in [-0.4, -0.2) is 156 Å². The van der Waals surface area contributed by atoms with Gasteiger partial charge in [0.25, 0.3) is 5.91 Å². The van der Waals surface area contributed by atoms with Gasteiger partial charge >= 0.3 is 6.09 Å². The number of ether oxygens (including phenoxy) is 6. The number of methoxy groups -OCH3 is 2. The fourth-order valence-corrected chi connectivity index (χ4v) is 12.4. The van der Waals surface area contributed by atoms with Gasteiger partial charge in [0.1, 0.15) is 24.9 Å². The first-order chi connectivity index (χ1) is 45.3. The number of aliphatic hydroxyl groups excluding tert-OH is 1. The van der Waals surface area contributed by atoms with Gasteiger partial charge in [0, 0.05) is 81.0 Å². The van der Waals surface area contributed by atoms with Crippen molar-refractivity contribution in [3.63, 3.8) is 0 Å². The molecular weight excluding hydrogens is 1210 g/mol. The van der Waals surface area contributed by atoms with Crippen LogP contribution >= 0.6 is 0 Å². The van der Waals surface area contributed by atoms with E-state index in [9.17, 15) is 38.7 Å². The molecule has 23 nitrogen and oxygen atoms in total. The monoisotopic (exact) mass is 1310 g/mol. The molecule has 4 aromatic rings. The van der Waals surface area contributed by atoms with Crippen LogP contribution in [0.1, 0.15) is 140 Å². The van der Waals surface area contributed by atoms with E-state index in [-0.39, 0.29) is 87.4 Å². The zero-order valence-corrected chi connectivity index (χ0v) is 56.6. The van der Waals surface area contributed by atoms with Crippen LogP contribution in [0.15, 0.2) is 107 Å². The summed E-state index contributed by atoms with van der Waals surface area (Å²) < 4.78 is 36.6. The summed E-state index contributed by atoms with van der Waals surface area (Å²) in [5, 5.41) is 21.3. The van der Waals surface area contributed by atoms with Crippen LogP contribution in [0.4, 0.5) is 21.9 Å². The van der Waals surface area contributed by atoms with Crippen LogP contribution in [0.25, 0.3) is 5.57 Å². The van der Waals surface area contributed by atoms with Crippen LogP contribution in [0.3, 0.4) is 0 Å². The number of amides is 7. The van der Waals surface area contributed by atoms with Crippen molar-refractivity contribution in [1.29, 1.82) is 0 Å². The van der Waals surface area contributed by atoms with Gasteiger partial charge in [-0.15, -0.1) is 0 Å². The minimum atomic E-state index is -1.04. The molecule has 95 heavy (non-hydrogen) atoms. The van der Waals surface area contributed by atoms with Gasteiger partial charge in [-0.1, -0.05) is 61.9 Å². The summed E-state index contributed by atoms with van der Waals surface area (Å²) in [5.41, 5.74) is 7.32. The number of carbonyl (C=O) groups excluding carboxylic acids is 7. The Kier molecular flexibility index (Phi) is 22.6. The van der Waals surface area contributed by atoms with Crippen LogP contribution in [-0.2, 0) is 53.1 Å². The van der Waals surface area contributed by atoms with E-state index in [1.807, 2.05) is 78.8 Å². The number of rotatable bonds is 27. The van der Waals surface area contributed by atoms with Crippen molar-refractivity contribution >= 4 is 70.4 Å². The van der Waals surface area contributed by atoms with Gasteiger partial charge in [-0.2, -0.15) is 0 Å². The van der Waals surface area contributed by atoms with Crippen molar-refractivity contribution < 1.29 is 67.1 Å². The number of anilines is 2. The number of aliphatic hydroxyl groups is 1. The highest BCUT2D eigenvalue weighted by molar-refractivity contribution is 6.09. The van der Waals surface area contributed by atoms with Crippen molar-refractivity contribution in [1.82, 2.24) is 30.7 Å². The van der Waals surface area contributed by atoms with Gasteiger partial charge in [-0.3, -0.25) is 43.6 Å². The highest BCUT2D eigenvalue weighted by atomic mass is 16.6. The Morgan fingerprint density at radius 3 is 2.18 bits per heavy atom. The summed E-state index contributed by atoms with van der Waals surface area (Å²) in [4.78, 5) is 105. The van der Waals surface area contributed by atoms with E-state index in [0.717, 1.165) is 40.9 Å². The maximum Gasteiger partial charge on any atom is 0.414 e. The lowest BCUT2D eigenvalue weighted by Crippen LogP contribution is -2.53. The van der Waals surface area contributed by atoms with Gasteiger partial charge in [0.2, 0.25) is 29.5 Å². The van der Waals surface area contributed by atoms with Crippen molar-refractivity contribution in [3.05, 3.63) is 130 Å². The molecule has 0 saturated carbocycles. The molecule has 23 heteroatoms. The minimum absolute atomic E-state index is 0.000802. The summed E-state index contributed by atoms with van der Waals surface area (Å²) in [5.74, 6) is -0.676. The van der Waals surface area contributed by atoms with Gasteiger partial charge in [-0.25, -0.2) is 4.79 Å². The van der Waals surface area contributed by atoms with E-state index in [1.54, 1.807) is 80.3 Å². The van der Waals surface area contributed by atoms with E-state index in [1.165, 1.54) is 29.7 Å². The summed E-state index contributed by atoms with van der Waals surface area (Å²) in [6, 6.07) is 19.9. The molecule has 9 rings (SSSR count). The van der Waals surface area contributed by atoms with E-state index >= 15 is 0 Å². The Morgan fingerprint density at radius 1 is 0.789 bits per heavy atom. The van der Waals surface area contributed by atoms with Crippen molar-refractivity contribution in [3.8, 4) is 23.0 Å². The molecular formula is C72H91N9O14. The van der Waals surface area contributed by atoms with Crippen molar-refractivity contribution in [2.24, 2.45) is 10.9 Å². The average molecular weight is 1310 g/mol. The molecule has 0 spiro atoms. The molecule has 1 fully saturated rings. The van der Waals surface area contributed by atoms with E-state index in [2.05, 4.69) is 38.3 Å². The second-order valence-corrected chi connectivity index (χ2v) is 26.4. The molecule has 5 aliphatic heterocycles. The zero-order valence-electron chi connectivity index (χ0n) is 56.6. The predicted octanol–water partition coefficient (Wildman–Crippen LogP) is 9.27. The lowest BCUT2D eigenvalue weighted by atomic mass is 9.94. The Bertz CT molecular complexity index is 3670. The molecule has 0 radical (unpaired) electrons. The second-order valence-electron chi connectivity index (χ2n) is 26.4. The topological polar surface area (TPSA) is 269 Å². The molecule has 5 N–H and O–H groups in total. The van der Waals surface area contributed by atoms with Gasteiger partial charge < -0.3 is 64.6 Å². The van der Waals surface area contributed by atoms with E-state index in [4.69, 9.17) is 33.4 Å². The number of aliphatic imine (C=N–C) groups is 1. The highest BCUT2D eigenvalue weighted by Crippen LogP contribution is 2.44. The predicted molar refractivity (Wildman–Crippen MR) is 360 cm³/mol. The second kappa shape index (κ2) is 30.6. The number of carbonyl (C=O) groups is 7. The average Bonchev–Trinajstić information content (AvgIpc) is 1.70. The van der Waals surface area contributed by atoms with E-state index in [0.29, 0.717) is 83.5 Å². The molecule has 5 heterocycles. The number of hydrogen-bond acceptors (Lipinski definition) is 16. The smallest absolute Gasteiger partial charge is 0.414 e. The lowest BCUT2D eigenvalue weighted by molar-refractivity contribution is -0.132. The maximum atomic E-state index is 14.6. The number of benzene rings is 4. The number of nitrogens with one attached hydrogen (secondary N) is 4. The summed E-state index contributed by atoms with van der Waals surface area (Å²) >= 11 is 0. The fourth-order valence-electron chi connectivity index (χ4n) is 12.4. The minimum Gasteiger partial charge on any atom is -0.493 e. The first-order valence-corrected chi connectivity index (χ1v) is 32.6. The normalized spacial score (nSPS) is 18.6. The SMILES string of the molecule is C/C=C1/C[C@H]2C(C)N(C(=O)OCc3ccc(NC(=O)[C@H](C)NC(=O)[C@@H](NC(=O)CCC(C)(C)OCCC(C)(C)NC(=O)CCN4C(=O)C=CC4O)C(C)C)cc3)c3cc(OCCCOc4cc5c(cc4OC)C(=O)N4Cc6ccccc6C(C)=C4C=N5)c(OC)cc3CN2C1. The molecule has 7 amide bonds. The Morgan fingerprint density at radius 2 is 1.49 bits per heavy atom. The van der Waals surface area contributed by atoms with Gasteiger partial charge in [0.15, 0.2) is 23.0 Å². The first-order valence-electron chi connectivity index (χ1n) is 32.6. The number of allylic oxidation sites excluding steroid dienone is 3. The first kappa shape index (κ1) is 70.3. The quantitative estimate of drug-likeness (QED) is 0.0275. The highest BCUT2D eigenvalue weighted by Gasteiger charge is 2.42. The standard InChI is InChI=1S/C72H91N9O14/c1-13-47-33-55-46(6)81(56-37-61(58(90-11)34-50(56)40-78(55)39-47)93-31-16-30-92-60-36-54-53(35-59(60)91-12)69(88)80-41-49-17-14-15-18-52(49)44(4)57(80)38-73-54)70(89)94-42-48-19-21-51(22-20-48)75-67(86)45(5)74-68(87)66(43(2)3)76-62(82)25-27-72(9,10)95-32-28-71(7,8)77-63(83)26-29-79-64(84)23-24-65(79)85/h13-15,17-24,34-38,43,45-46,55,64,66,84H,16,25-33,39-42H2,1-12H3,(H,74,87)(H,75,86)(H,76,82)(H,77,83)/b47-13-/t45-,46?,55-,64?,66-/m0/s1. The zero-order chi connectivity index (χ0) is 68.5. The fraction of sp³-hybridized carbons (Fsp3) is 0.472. The van der Waals surface area contributed by atoms with Crippen LogP contribution in [0, 0.1) is 5.92 Å². The largest absolute Gasteiger partial charge is 0.493 e. The van der Waals surface area contributed by atoms with Crippen LogP contribution < -0.4 is 45.1 Å². The van der Waals surface area contributed by atoms with Crippen molar-refractivity contribution in [2.45, 2.75) is 169 Å². The number of nitrogens with zero attached hydrogens (tertiary/aromatic N) is 5. The Balaban J connectivity index is 0.753. The molecule has 5 aliphatic rings. The van der Waals surface area contributed by atoms with E-state index < -0.39 is 47.4 Å². The van der Waals surface area contributed by atoms with Crippen LogP contribution in [0.2, 0.25) is 0 Å². The van der Waals surface area contributed by atoms with Gasteiger partial charge in [-0.05, 0) is 139 Å². The molecule has 1 saturated heterocycles. The Labute approximate surface area is 556 Å². The lowest BCUT2D eigenvalue weighted by Gasteiger charge is -2.33. The number of fused-ring (bicyclic) bond motifs is 5. The molecule has 0 bridgehead atoms. The number of hydrogen-bond donors (Lipinski definition) is 5. The molecule has 0 aromatic heterocycles. The summed E-state index contributed by atoms with van der Waals surface area (Å²) in [6.07, 6.45) is 7.07. The third-order valence-corrected chi connectivity index (χ3v) is 18.1.